The van der Waals surface area contributed by atoms with E-state index in [-0.39, 0.29) is 5.82 Å². The highest BCUT2D eigenvalue weighted by Gasteiger charge is 2.16. The number of aliphatic hydroxyl groups excluding tert-OH is 1. The fourth-order valence-corrected chi connectivity index (χ4v) is 2.44. The lowest BCUT2D eigenvalue weighted by molar-refractivity contribution is 0.213. The van der Waals surface area contributed by atoms with Crippen molar-refractivity contribution in [3.63, 3.8) is 0 Å². The minimum absolute atomic E-state index is 0.332. The van der Waals surface area contributed by atoms with E-state index in [1.807, 2.05) is 0 Å². The molecule has 0 aliphatic heterocycles. The number of aliphatic hydroxyl groups is 1. The Kier molecular flexibility index (Phi) is 3.94. The van der Waals surface area contributed by atoms with Crippen LogP contribution in [0.3, 0.4) is 0 Å². The first kappa shape index (κ1) is 14.4. The molecule has 0 saturated heterocycles. The molecule has 0 bridgehead atoms. The quantitative estimate of drug-likeness (QED) is 0.796. The van der Waals surface area contributed by atoms with Gasteiger partial charge in [-0.1, -0.05) is 24.3 Å². The van der Waals surface area contributed by atoms with Crippen LogP contribution in [-0.2, 0) is 0 Å². The van der Waals surface area contributed by atoms with E-state index in [1.165, 1.54) is 6.07 Å². The van der Waals surface area contributed by atoms with Gasteiger partial charge in [-0.15, -0.1) is 0 Å². The Morgan fingerprint density at radius 2 is 1.73 bits per heavy atom. The number of rotatable bonds is 4. The summed E-state index contributed by atoms with van der Waals surface area (Å²) >= 11 is 0. The van der Waals surface area contributed by atoms with Crippen molar-refractivity contribution in [2.75, 3.05) is 7.11 Å². The summed E-state index contributed by atoms with van der Waals surface area (Å²) in [5, 5.41) is 10.6. The average Bonchev–Trinajstić information content (AvgIpc) is 3.04. The van der Waals surface area contributed by atoms with Gasteiger partial charge in [-0.25, -0.2) is 4.39 Å². The predicted molar refractivity (Wildman–Crippen MR) is 82.8 cm³/mol. The first-order valence-electron chi connectivity index (χ1n) is 6.95. The third kappa shape index (κ3) is 2.61. The topological polar surface area (TPSA) is 34.4 Å². The van der Waals surface area contributed by atoms with Crippen molar-refractivity contribution in [3.8, 4) is 11.4 Å². The van der Waals surface area contributed by atoms with E-state index in [0.717, 1.165) is 11.3 Å². The Morgan fingerprint density at radius 3 is 2.41 bits per heavy atom. The molecular formula is C18H16FNO2. The molecule has 0 spiro atoms. The molecule has 0 unspecified atom stereocenters. The minimum atomic E-state index is -0.847. The molecule has 0 aliphatic carbocycles. The maximum atomic E-state index is 14.0. The van der Waals surface area contributed by atoms with Crippen molar-refractivity contribution in [1.82, 2.24) is 4.57 Å². The molecule has 0 aliphatic rings. The molecule has 3 rings (SSSR count). The lowest BCUT2D eigenvalue weighted by Gasteiger charge is -2.16. The van der Waals surface area contributed by atoms with Gasteiger partial charge in [0.25, 0.3) is 0 Å². The number of nitrogens with zero attached hydrogens (tertiary/aromatic N) is 1. The SMILES string of the molecule is COc1ccc([C@@H](O)c2cccn2-c2ccccc2F)cc1. The van der Waals surface area contributed by atoms with Gasteiger partial charge >= 0.3 is 0 Å². The highest BCUT2D eigenvalue weighted by molar-refractivity contribution is 5.40. The molecule has 22 heavy (non-hydrogen) atoms. The molecule has 3 nitrogen and oxygen atoms in total. The fraction of sp³-hybridized carbons (Fsp3) is 0.111. The highest BCUT2D eigenvalue weighted by Crippen LogP contribution is 2.27. The molecule has 1 heterocycles. The molecule has 1 aromatic heterocycles. The van der Waals surface area contributed by atoms with Crippen LogP contribution in [0.4, 0.5) is 4.39 Å². The lowest BCUT2D eigenvalue weighted by atomic mass is 10.1. The van der Waals surface area contributed by atoms with Gasteiger partial charge in [-0.3, -0.25) is 0 Å². The van der Waals surface area contributed by atoms with Crippen LogP contribution < -0.4 is 4.74 Å². The van der Waals surface area contributed by atoms with E-state index in [1.54, 1.807) is 72.5 Å². The van der Waals surface area contributed by atoms with Crippen molar-refractivity contribution in [2.24, 2.45) is 0 Å². The van der Waals surface area contributed by atoms with Crippen LogP contribution in [0.1, 0.15) is 17.4 Å². The summed E-state index contributed by atoms with van der Waals surface area (Å²) in [7, 11) is 1.59. The molecule has 0 amide bonds. The molecule has 0 radical (unpaired) electrons. The van der Waals surface area contributed by atoms with Crippen LogP contribution in [0.5, 0.6) is 5.75 Å². The van der Waals surface area contributed by atoms with Crippen molar-refractivity contribution in [3.05, 3.63) is 83.9 Å². The number of benzene rings is 2. The van der Waals surface area contributed by atoms with E-state index in [0.29, 0.717) is 11.4 Å². The Bertz CT molecular complexity index is 765. The van der Waals surface area contributed by atoms with Crippen LogP contribution in [0.15, 0.2) is 66.9 Å². The molecule has 0 fully saturated rings. The van der Waals surface area contributed by atoms with Crippen LogP contribution in [0.2, 0.25) is 0 Å². The summed E-state index contributed by atoms with van der Waals surface area (Å²) in [6, 6.07) is 17.2. The van der Waals surface area contributed by atoms with E-state index >= 15 is 0 Å². The predicted octanol–water partition coefficient (Wildman–Crippen LogP) is 3.71. The van der Waals surface area contributed by atoms with Gasteiger partial charge < -0.3 is 14.4 Å². The fourth-order valence-electron chi connectivity index (χ4n) is 2.44. The van der Waals surface area contributed by atoms with Gasteiger partial charge in [0.2, 0.25) is 0 Å². The third-order valence-corrected chi connectivity index (χ3v) is 3.60. The number of halogens is 1. The second-order valence-electron chi connectivity index (χ2n) is 4.93. The van der Waals surface area contributed by atoms with Crippen molar-refractivity contribution in [2.45, 2.75) is 6.10 Å². The summed E-state index contributed by atoms with van der Waals surface area (Å²) in [6.45, 7) is 0. The van der Waals surface area contributed by atoms with Gasteiger partial charge in [-0.2, -0.15) is 0 Å². The maximum Gasteiger partial charge on any atom is 0.147 e. The number of methoxy groups -OCH3 is 1. The summed E-state index contributed by atoms with van der Waals surface area (Å²) < 4.78 is 20.7. The summed E-state index contributed by atoms with van der Waals surface area (Å²) in [6.07, 6.45) is 0.890. The van der Waals surface area contributed by atoms with Gasteiger partial charge in [0.1, 0.15) is 17.7 Å². The maximum absolute atomic E-state index is 14.0. The monoisotopic (exact) mass is 297 g/mol. The Balaban J connectivity index is 1.99. The molecular weight excluding hydrogens is 281 g/mol. The molecule has 3 aromatic rings. The highest BCUT2D eigenvalue weighted by atomic mass is 19.1. The first-order chi connectivity index (χ1) is 10.7. The molecule has 2 aromatic carbocycles. The Morgan fingerprint density at radius 1 is 1.00 bits per heavy atom. The molecule has 112 valence electrons. The van der Waals surface area contributed by atoms with E-state index in [9.17, 15) is 9.50 Å². The van der Waals surface area contributed by atoms with E-state index < -0.39 is 6.10 Å². The molecule has 1 N–H and O–H groups in total. The average molecular weight is 297 g/mol. The van der Waals surface area contributed by atoms with E-state index in [2.05, 4.69) is 0 Å². The molecule has 0 saturated carbocycles. The third-order valence-electron chi connectivity index (χ3n) is 3.60. The van der Waals surface area contributed by atoms with Crippen LogP contribution in [0, 0.1) is 5.82 Å². The number of hydrogen-bond acceptors (Lipinski definition) is 2. The van der Waals surface area contributed by atoms with Crippen LogP contribution in [-0.4, -0.2) is 16.8 Å². The minimum Gasteiger partial charge on any atom is -0.497 e. The Hall–Kier alpha value is -2.59. The van der Waals surface area contributed by atoms with Crippen LogP contribution in [0.25, 0.3) is 5.69 Å². The first-order valence-corrected chi connectivity index (χ1v) is 6.95. The number of aromatic nitrogens is 1. The van der Waals surface area contributed by atoms with Crippen molar-refractivity contribution >= 4 is 0 Å². The summed E-state index contributed by atoms with van der Waals surface area (Å²) in [5.41, 5.74) is 1.74. The van der Waals surface area contributed by atoms with Gasteiger partial charge in [0.15, 0.2) is 0 Å². The number of ether oxygens (including phenoxy) is 1. The largest absolute Gasteiger partial charge is 0.497 e. The second kappa shape index (κ2) is 6.03. The second-order valence-corrected chi connectivity index (χ2v) is 4.93. The number of hydrogen-bond donors (Lipinski definition) is 1. The Labute approximate surface area is 128 Å². The zero-order valence-corrected chi connectivity index (χ0v) is 12.1. The van der Waals surface area contributed by atoms with Gasteiger partial charge in [0, 0.05) is 6.20 Å². The summed E-state index contributed by atoms with van der Waals surface area (Å²) in [4.78, 5) is 0. The molecule has 4 heteroatoms. The van der Waals surface area contributed by atoms with Gasteiger partial charge in [0.05, 0.1) is 18.5 Å². The number of para-hydroxylation sites is 1. The van der Waals surface area contributed by atoms with Gasteiger partial charge in [-0.05, 0) is 42.0 Å². The molecule has 1 atom stereocenters. The normalized spacial score (nSPS) is 12.1. The van der Waals surface area contributed by atoms with Crippen molar-refractivity contribution < 1.29 is 14.2 Å². The standard InChI is InChI=1S/C18H16FNO2/c1-22-14-10-8-13(9-11-14)18(21)17-7-4-12-20(17)16-6-3-2-5-15(16)19/h2-12,18,21H,1H3/t18-/m1/s1. The lowest BCUT2D eigenvalue weighted by Crippen LogP contribution is -2.08. The summed E-state index contributed by atoms with van der Waals surface area (Å²) in [5.74, 6) is 0.391. The smallest absolute Gasteiger partial charge is 0.147 e. The van der Waals surface area contributed by atoms with Crippen LogP contribution >= 0.6 is 0 Å². The zero-order valence-electron chi connectivity index (χ0n) is 12.1. The zero-order chi connectivity index (χ0) is 15.5. The van der Waals surface area contributed by atoms with E-state index in [4.69, 9.17) is 4.74 Å². The van der Waals surface area contributed by atoms with Crippen molar-refractivity contribution in [1.29, 1.82) is 0 Å².